The maximum absolute atomic E-state index is 13.7. The molecule has 0 radical (unpaired) electrons. The van der Waals surface area contributed by atoms with Crippen LogP contribution in [0.25, 0.3) is 28.0 Å². The van der Waals surface area contributed by atoms with Crippen LogP contribution in [0.2, 0.25) is 0 Å². The lowest BCUT2D eigenvalue weighted by atomic mass is 10.2. The third kappa shape index (κ3) is 2.04. The molecule has 0 unspecified atom stereocenters. The van der Waals surface area contributed by atoms with Crippen LogP contribution < -0.4 is 0 Å². The summed E-state index contributed by atoms with van der Waals surface area (Å²) in [4.78, 5) is 12.0. The molecule has 0 atom stereocenters. The Hall–Kier alpha value is -3.27. The van der Waals surface area contributed by atoms with Crippen molar-refractivity contribution in [2.75, 3.05) is 0 Å². The van der Waals surface area contributed by atoms with Crippen LogP contribution in [0, 0.1) is 23.0 Å². The lowest BCUT2D eigenvalue weighted by Crippen LogP contribution is -2.02. The number of imidazole rings is 2. The summed E-state index contributed by atoms with van der Waals surface area (Å²) < 4.78 is 28.8. The molecule has 0 fully saturated rings. The van der Waals surface area contributed by atoms with Gasteiger partial charge in [0, 0.05) is 18.6 Å². The Bertz CT molecular complexity index is 1130. The standard InChI is InChI=1S/C17H11F2N5/c1-2-16-21-14-6-10(18)11(19)7-15(14)24(16)17-22-12-4-3-9(8-20)5-13(12)23-17/h3-7H,2H2,1H3,(H,22,23). The first kappa shape index (κ1) is 14.3. The smallest absolute Gasteiger partial charge is 0.214 e. The lowest BCUT2D eigenvalue weighted by Gasteiger charge is -2.03. The van der Waals surface area contributed by atoms with Crippen LogP contribution in [0.4, 0.5) is 8.78 Å². The molecule has 2 heterocycles. The Morgan fingerprint density at radius 3 is 2.67 bits per heavy atom. The lowest BCUT2D eigenvalue weighted by molar-refractivity contribution is 0.510. The third-order valence-corrected chi connectivity index (χ3v) is 3.89. The number of nitriles is 1. The van der Waals surface area contributed by atoms with Crippen LogP contribution in [-0.2, 0) is 6.42 Å². The van der Waals surface area contributed by atoms with Crippen molar-refractivity contribution < 1.29 is 8.78 Å². The van der Waals surface area contributed by atoms with E-state index in [4.69, 9.17) is 5.26 Å². The first-order valence-corrected chi connectivity index (χ1v) is 7.37. The van der Waals surface area contributed by atoms with E-state index >= 15 is 0 Å². The monoisotopic (exact) mass is 323 g/mol. The minimum Gasteiger partial charge on any atom is -0.323 e. The first-order valence-electron chi connectivity index (χ1n) is 7.37. The summed E-state index contributed by atoms with van der Waals surface area (Å²) >= 11 is 0. The minimum absolute atomic E-state index is 0.365. The normalized spacial score (nSPS) is 11.2. The largest absolute Gasteiger partial charge is 0.323 e. The molecule has 0 aliphatic rings. The number of fused-ring (bicyclic) bond motifs is 2. The Kier molecular flexibility index (Phi) is 3.06. The van der Waals surface area contributed by atoms with E-state index < -0.39 is 11.6 Å². The molecule has 0 aliphatic carbocycles. The summed E-state index contributed by atoms with van der Waals surface area (Å²) in [5.41, 5.74) is 2.68. The molecule has 4 rings (SSSR count). The molecule has 0 saturated heterocycles. The van der Waals surface area contributed by atoms with Crippen molar-refractivity contribution in [3.63, 3.8) is 0 Å². The average molecular weight is 323 g/mol. The zero-order chi connectivity index (χ0) is 16.8. The molecule has 0 saturated carbocycles. The number of H-pyrrole nitrogens is 1. The first-order chi connectivity index (χ1) is 11.6. The minimum atomic E-state index is -0.936. The fraction of sp³-hybridized carbons (Fsp3) is 0.118. The van der Waals surface area contributed by atoms with E-state index in [1.807, 2.05) is 6.92 Å². The van der Waals surface area contributed by atoms with E-state index in [0.29, 0.717) is 45.8 Å². The van der Waals surface area contributed by atoms with E-state index in [0.717, 1.165) is 12.1 Å². The molecule has 5 nitrogen and oxygen atoms in total. The zero-order valence-electron chi connectivity index (χ0n) is 12.6. The predicted molar refractivity (Wildman–Crippen MR) is 84.7 cm³/mol. The molecule has 0 bridgehead atoms. The van der Waals surface area contributed by atoms with Crippen LogP contribution >= 0.6 is 0 Å². The second kappa shape index (κ2) is 5.13. The van der Waals surface area contributed by atoms with Crippen molar-refractivity contribution in [1.82, 2.24) is 19.5 Å². The molecule has 0 aliphatic heterocycles. The number of halogens is 2. The van der Waals surface area contributed by atoms with E-state index in [1.54, 1.807) is 22.8 Å². The summed E-state index contributed by atoms with van der Waals surface area (Å²) in [6.45, 7) is 1.90. The van der Waals surface area contributed by atoms with Gasteiger partial charge in [0.15, 0.2) is 11.6 Å². The highest BCUT2D eigenvalue weighted by atomic mass is 19.2. The van der Waals surface area contributed by atoms with Gasteiger partial charge < -0.3 is 4.98 Å². The maximum atomic E-state index is 13.7. The topological polar surface area (TPSA) is 70.3 Å². The van der Waals surface area contributed by atoms with Crippen LogP contribution in [0.5, 0.6) is 0 Å². The highest BCUT2D eigenvalue weighted by molar-refractivity contribution is 5.81. The second-order valence-corrected chi connectivity index (χ2v) is 5.38. The number of hydrogen-bond donors (Lipinski definition) is 1. The summed E-state index contributed by atoms with van der Waals surface area (Å²) in [5, 5.41) is 8.99. The summed E-state index contributed by atoms with van der Waals surface area (Å²) in [6, 6.07) is 9.37. The number of benzene rings is 2. The molecule has 2 aromatic carbocycles. The highest BCUT2D eigenvalue weighted by Gasteiger charge is 2.17. The number of nitrogens with one attached hydrogen (secondary N) is 1. The van der Waals surface area contributed by atoms with Gasteiger partial charge in [0.2, 0.25) is 5.95 Å². The van der Waals surface area contributed by atoms with E-state index in [9.17, 15) is 8.78 Å². The van der Waals surface area contributed by atoms with Gasteiger partial charge in [-0.25, -0.2) is 18.7 Å². The third-order valence-electron chi connectivity index (χ3n) is 3.89. The van der Waals surface area contributed by atoms with E-state index in [-0.39, 0.29) is 0 Å². The van der Waals surface area contributed by atoms with Crippen molar-refractivity contribution in [2.45, 2.75) is 13.3 Å². The quantitative estimate of drug-likeness (QED) is 0.612. The Balaban J connectivity index is 2.01. The van der Waals surface area contributed by atoms with Crippen LogP contribution in [0.3, 0.4) is 0 Å². The Morgan fingerprint density at radius 1 is 1.12 bits per heavy atom. The van der Waals surface area contributed by atoms with Crippen LogP contribution in [-0.4, -0.2) is 19.5 Å². The summed E-state index contributed by atoms with van der Waals surface area (Å²) in [5.74, 6) is -0.785. The van der Waals surface area contributed by atoms with Crippen molar-refractivity contribution in [1.29, 1.82) is 5.26 Å². The number of aromatic nitrogens is 4. The van der Waals surface area contributed by atoms with Crippen LogP contribution in [0.1, 0.15) is 18.3 Å². The van der Waals surface area contributed by atoms with Crippen LogP contribution in [0.15, 0.2) is 30.3 Å². The zero-order valence-corrected chi connectivity index (χ0v) is 12.6. The summed E-state index contributed by atoms with van der Waals surface area (Å²) in [6.07, 6.45) is 0.568. The van der Waals surface area contributed by atoms with E-state index in [2.05, 4.69) is 21.0 Å². The van der Waals surface area contributed by atoms with Gasteiger partial charge in [-0.3, -0.25) is 4.57 Å². The van der Waals surface area contributed by atoms with Gasteiger partial charge in [-0.2, -0.15) is 5.26 Å². The van der Waals surface area contributed by atoms with Crippen molar-refractivity contribution in [3.05, 3.63) is 53.4 Å². The van der Waals surface area contributed by atoms with Gasteiger partial charge in [-0.05, 0) is 18.2 Å². The highest BCUT2D eigenvalue weighted by Crippen LogP contribution is 2.25. The molecule has 24 heavy (non-hydrogen) atoms. The Morgan fingerprint density at radius 2 is 1.92 bits per heavy atom. The van der Waals surface area contributed by atoms with Crippen molar-refractivity contribution >= 4 is 22.1 Å². The molecular weight excluding hydrogens is 312 g/mol. The maximum Gasteiger partial charge on any atom is 0.214 e. The number of nitrogens with zero attached hydrogens (tertiary/aromatic N) is 4. The average Bonchev–Trinajstić information content (AvgIpc) is 3.14. The van der Waals surface area contributed by atoms with Crippen molar-refractivity contribution in [3.8, 4) is 12.0 Å². The molecule has 4 aromatic rings. The molecule has 118 valence electrons. The number of aromatic amines is 1. The van der Waals surface area contributed by atoms with Gasteiger partial charge in [-0.1, -0.05) is 6.92 Å². The molecule has 7 heteroatoms. The van der Waals surface area contributed by atoms with Gasteiger partial charge >= 0.3 is 0 Å². The SMILES string of the molecule is CCc1nc2cc(F)c(F)cc2n1-c1nc2ccc(C#N)cc2[nH]1. The van der Waals surface area contributed by atoms with Gasteiger partial charge in [-0.15, -0.1) is 0 Å². The molecular formula is C17H11F2N5. The Labute approximate surface area is 135 Å². The van der Waals surface area contributed by atoms with Gasteiger partial charge in [0.05, 0.1) is 33.7 Å². The number of rotatable bonds is 2. The number of hydrogen-bond acceptors (Lipinski definition) is 3. The van der Waals surface area contributed by atoms with E-state index in [1.165, 1.54) is 0 Å². The molecule has 0 amide bonds. The number of aryl methyl sites for hydroxylation is 1. The fourth-order valence-corrected chi connectivity index (χ4v) is 2.77. The van der Waals surface area contributed by atoms with Crippen molar-refractivity contribution in [2.24, 2.45) is 0 Å². The van der Waals surface area contributed by atoms with Gasteiger partial charge in [0.1, 0.15) is 5.82 Å². The van der Waals surface area contributed by atoms with Gasteiger partial charge in [0.25, 0.3) is 0 Å². The predicted octanol–water partition coefficient (Wildman–Crippen LogP) is 3.61. The molecule has 1 N–H and O–H groups in total. The second-order valence-electron chi connectivity index (χ2n) is 5.38. The fourth-order valence-electron chi connectivity index (χ4n) is 2.77. The summed E-state index contributed by atoms with van der Waals surface area (Å²) in [7, 11) is 0. The molecule has 2 aromatic heterocycles. The molecule has 0 spiro atoms.